The van der Waals surface area contributed by atoms with E-state index in [9.17, 15) is 10.0 Å². The first-order valence-corrected chi connectivity index (χ1v) is 7.66. The lowest BCUT2D eigenvalue weighted by Gasteiger charge is -2.35. The molecule has 0 atom stereocenters. The van der Waals surface area contributed by atoms with Gasteiger partial charge in [-0.25, -0.2) is 0 Å². The predicted octanol–water partition coefficient (Wildman–Crippen LogP) is -0.345. The summed E-state index contributed by atoms with van der Waals surface area (Å²) in [5.41, 5.74) is 1.50. The molecule has 1 saturated carbocycles. The molecule has 0 aromatic heterocycles. The lowest BCUT2D eigenvalue weighted by Crippen LogP contribution is -2.47. The Morgan fingerprint density at radius 3 is 2.48 bits per heavy atom. The van der Waals surface area contributed by atoms with Crippen molar-refractivity contribution in [2.45, 2.75) is 25.4 Å². The van der Waals surface area contributed by atoms with Crippen LogP contribution in [0.25, 0.3) is 0 Å². The molecule has 1 aliphatic heterocycles. The van der Waals surface area contributed by atoms with Gasteiger partial charge in [0.25, 0.3) is 0 Å². The van der Waals surface area contributed by atoms with Crippen molar-refractivity contribution in [2.24, 2.45) is 0 Å². The molecule has 3 rings (SSSR count). The Labute approximate surface area is 126 Å². The zero-order valence-corrected chi connectivity index (χ0v) is 12.5. The third-order valence-electron chi connectivity index (χ3n) is 4.49. The molecule has 21 heavy (non-hydrogen) atoms. The quantitative estimate of drug-likeness (QED) is 0.726. The van der Waals surface area contributed by atoms with Gasteiger partial charge in [-0.2, -0.15) is 0 Å². The Kier molecular flexibility index (Phi) is 4.49. The maximum Gasteiger partial charge on any atom is 0.488 e. The summed E-state index contributed by atoms with van der Waals surface area (Å²) >= 11 is 0. The van der Waals surface area contributed by atoms with Crippen LogP contribution in [0, 0.1) is 0 Å². The number of ether oxygens (including phenoxy) is 1. The lowest BCUT2D eigenvalue weighted by atomic mass is 9.77. The van der Waals surface area contributed by atoms with Gasteiger partial charge in [0.15, 0.2) is 0 Å². The van der Waals surface area contributed by atoms with Crippen molar-refractivity contribution in [1.82, 2.24) is 9.80 Å². The topological polar surface area (TPSA) is 56.2 Å². The largest absolute Gasteiger partial charge is 0.497 e. The highest BCUT2D eigenvalue weighted by Gasteiger charge is 2.31. The van der Waals surface area contributed by atoms with E-state index in [1.165, 1.54) is 12.8 Å². The van der Waals surface area contributed by atoms with Crippen molar-refractivity contribution in [1.29, 1.82) is 0 Å². The molecule has 2 fully saturated rings. The van der Waals surface area contributed by atoms with E-state index in [1.54, 1.807) is 19.2 Å². The molecule has 1 aromatic carbocycles. The SMILES string of the molecule is COc1ccc(B(O)O)c(CN2CCN(C3CC3)CC2)c1. The third-order valence-corrected chi connectivity index (χ3v) is 4.49. The van der Waals surface area contributed by atoms with Gasteiger partial charge in [0, 0.05) is 38.8 Å². The van der Waals surface area contributed by atoms with Gasteiger partial charge in [0.2, 0.25) is 0 Å². The molecule has 0 unspecified atom stereocenters. The number of methoxy groups -OCH3 is 1. The Balaban J connectivity index is 1.66. The van der Waals surface area contributed by atoms with Gasteiger partial charge in [0.05, 0.1) is 7.11 Å². The molecular weight excluding hydrogens is 267 g/mol. The summed E-state index contributed by atoms with van der Waals surface area (Å²) in [6.07, 6.45) is 2.72. The molecule has 0 spiro atoms. The van der Waals surface area contributed by atoms with Gasteiger partial charge in [-0.3, -0.25) is 9.80 Å². The van der Waals surface area contributed by atoms with Crippen molar-refractivity contribution in [3.8, 4) is 5.75 Å². The molecule has 0 radical (unpaired) electrons. The average molecular weight is 290 g/mol. The van der Waals surface area contributed by atoms with Gasteiger partial charge in [-0.1, -0.05) is 6.07 Å². The standard InChI is InChI=1S/C15H23BN2O3/c1-21-14-4-5-15(16(19)20)12(10-14)11-17-6-8-18(9-7-17)13-2-3-13/h4-5,10,13,19-20H,2-3,6-9,11H2,1H3. The summed E-state index contributed by atoms with van der Waals surface area (Å²) in [6, 6.07) is 6.24. The summed E-state index contributed by atoms with van der Waals surface area (Å²) < 4.78 is 5.25. The van der Waals surface area contributed by atoms with Crippen LogP contribution in [0.1, 0.15) is 18.4 Å². The second-order valence-corrected chi connectivity index (χ2v) is 5.98. The van der Waals surface area contributed by atoms with E-state index in [1.807, 2.05) is 6.07 Å². The fourth-order valence-electron chi connectivity index (χ4n) is 3.07. The van der Waals surface area contributed by atoms with Crippen molar-refractivity contribution < 1.29 is 14.8 Å². The number of benzene rings is 1. The van der Waals surface area contributed by atoms with Crippen LogP contribution in [0.4, 0.5) is 0 Å². The van der Waals surface area contributed by atoms with Gasteiger partial charge in [-0.15, -0.1) is 0 Å². The molecule has 1 aliphatic carbocycles. The fourth-order valence-corrected chi connectivity index (χ4v) is 3.07. The Morgan fingerprint density at radius 2 is 1.90 bits per heavy atom. The molecular formula is C15H23BN2O3. The minimum absolute atomic E-state index is 0.570. The highest BCUT2D eigenvalue weighted by molar-refractivity contribution is 6.59. The number of hydrogen-bond acceptors (Lipinski definition) is 5. The van der Waals surface area contributed by atoms with Crippen molar-refractivity contribution in [3.05, 3.63) is 23.8 Å². The van der Waals surface area contributed by atoms with Gasteiger partial charge in [-0.05, 0) is 36.0 Å². The number of rotatable bonds is 5. The summed E-state index contributed by atoms with van der Waals surface area (Å²) in [6.45, 7) is 5.04. The molecule has 6 heteroatoms. The van der Waals surface area contributed by atoms with Gasteiger partial charge >= 0.3 is 7.12 Å². The smallest absolute Gasteiger partial charge is 0.488 e. The lowest BCUT2D eigenvalue weighted by molar-refractivity contribution is 0.121. The zero-order chi connectivity index (χ0) is 14.8. The number of piperazine rings is 1. The summed E-state index contributed by atoms with van der Waals surface area (Å²) in [5.74, 6) is 0.756. The maximum absolute atomic E-state index is 9.51. The first kappa shape index (κ1) is 14.8. The molecule has 0 amide bonds. The summed E-state index contributed by atoms with van der Waals surface area (Å²) in [7, 11) is 0.196. The molecule has 2 aliphatic rings. The first-order chi connectivity index (χ1) is 10.2. The maximum atomic E-state index is 9.51. The van der Waals surface area contributed by atoms with E-state index in [0.29, 0.717) is 5.46 Å². The Bertz CT molecular complexity index is 486. The summed E-state index contributed by atoms with van der Waals surface area (Å²) in [5, 5.41) is 19.0. The van der Waals surface area contributed by atoms with Crippen molar-refractivity contribution in [3.63, 3.8) is 0 Å². The van der Waals surface area contributed by atoms with Crippen LogP contribution in [0.3, 0.4) is 0 Å². The van der Waals surface area contributed by atoms with Crippen LogP contribution in [0.15, 0.2) is 18.2 Å². The van der Waals surface area contributed by atoms with Crippen LogP contribution in [-0.2, 0) is 6.54 Å². The highest BCUT2D eigenvalue weighted by atomic mass is 16.5. The monoisotopic (exact) mass is 290 g/mol. The van der Waals surface area contributed by atoms with Crippen LogP contribution in [0.5, 0.6) is 5.75 Å². The van der Waals surface area contributed by atoms with Gasteiger partial charge in [0.1, 0.15) is 5.75 Å². The second kappa shape index (κ2) is 6.36. The van der Waals surface area contributed by atoms with Crippen molar-refractivity contribution in [2.75, 3.05) is 33.3 Å². The van der Waals surface area contributed by atoms with E-state index in [0.717, 1.165) is 50.1 Å². The zero-order valence-electron chi connectivity index (χ0n) is 12.5. The summed E-state index contributed by atoms with van der Waals surface area (Å²) in [4.78, 5) is 4.95. The second-order valence-electron chi connectivity index (χ2n) is 5.98. The van der Waals surface area contributed by atoms with Crippen LogP contribution in [-0.4, -0.2) is 66.3 Å². The molecule has 2 N–H and O–H groups in total. The Morgan fingerprint density at radius 1 is 1.19 bits per heavy atom. The highest BCUT2D eigenvalue weighted by Crippen LogP contribution is 2.27. The molecule has 1 saturated heterocycles. The molecule has 1 aromatic rings. The first-order valence-electron chi connectivity index (χ1n) is 7.66. The molecule has 1 heterocycles. The van der Waals surface area contributed by atoms with Crippen LogP contribution in [0.2, 0.25) is 0 Å². The van der Waals surface area contributed by atoms with E-state index in [-0.39, 0.29) is 0 Å². The Hall–Kier alpha value is -1.08. The minimum atomic E-state index is -1.43. The van der Waals surface area contributed by atoms with E-state index in [2.05, 4.69) is 9.80 Å². The molecule has 5 nitrogen and oxygen atoms in total. The fraction of sp³-hybridized carbons (Fsp3) is 0.600. The van der Waals surface area contributed by atoms with Crippen molar-refractivity contribution >= 4 is 12.6 Å². The number of nitrogens with zero attached hydrogens (tertiary/aromatic N) is 2. The molecule has 0 bridgehead atoms. The van der Waals surface area contributed by atoms with E-state index < -0.39 is 7.12 Å². The van der Waals surface area contributed by atoms with Crippen LogP contribution < -0.4 is 10.2 Å². The number of hydrogen-bond donors (Lipinski definition) is 2. The average Bonchev–Trinajstić information content (AvgIpc) is 3.32. The minimum Gasteiger partial charge on any atom is -0.497 e. The predicted molar refractivity (Wildman–Crippen MR) is 82.7 cm³/mol. The molecule has 114 valence electrons. The van der Waals surface area contributed by atoms with E-state index in [4.69, 9.17) is 4.74 Å². The van der Waals surface area contributed by atoms with Gasteiger partial charge < -0.3 is 14.8 Å². The van der Waals surface area contributed by atoms with E-state index >= 15 is 0 Å². The third kappa shape index (κ3) is 3.58. The van der Waals surface area contributed by atoms with Crippen LogP contribution >= 0.6 is 0 Å². The normalized spacial score (nSPS) is 20.5.